The second kappa shape index (κ2) is 12.4. The number of sulfone groups is 1. The topological polar surface area (TPSA) is 136 Å². The monoisotopic (exact) mass is 626 g/mol. The van der Waals surface area contributed by atoms with Gasteiger partial charge in [-0.2, -0.15) is 0 Å². The Labute approximate surface area is 243 Å². The van der Waals surface area contributed by atoms with E-state index in [4.69, 9.17) is 14.2 Å². The fraction of sp³-hybridized carbons (Fsp3) is 0.250. The van der Waals surface area contributed by atoms with E-state index in [1.54, 1.807) is 0 Å². The minimum atomic E-state index is -5.05. The van der Waals surface area contributed by atoms with Crippen LogP contribution in [0.2, 0.25) is 0 Å². The Hall–Kier alpha value is -4.50. The van der Waals surface area contributed by atoms with Crippen LogP contribution in [-0.4, -0.2) is 64.3 Å². The highest BCUT2D eigenvalue weighted by Gasteiger charge is 2.34. The smallest absolute Gasteiger partial charge is 0.497 e. The van der Waals surface area contributed by atoms with Crippen molar-refractivity contribution in [2.45, 2.75) is 17.3 Å². The predicted molar refractivity (Wildman–Crippen MR) is 147 cm³/mol. The number of aliphatic hydroxyl groups is 1. The normalized spacial score (nSPS) is 12.6. The van der Waals surface area contributed by atoms with Crippen LogP contribution < -0.4 is 24.3 Å². The average molecular weight is 627 g/mol. The van der Waals surface area contributed by atoms with E-state index in [1.807, 2.05) is 0 Å². The Balaban J connectivity index is 1.90. The number of H-pyrrole nitrogens is 1. The van der Waals surface area contributed by atoms with Gasteiger partial charge in [0.2, 0.25) is 0 Å². The number of anilines is 1. The highest BCUT2D eigenvalue weighted by molar-refractivity contribution is 7.90. The van der Waals surface area contributed by atoms with E-state index in [-0.39, 0.29) is 56.5 Å². The van der Waals surface area contributed by atoms with Crippen molar-refractivity contribution >= 4 is 32.2 Å². The number of aliphatic hydroxyl groups excluding tert-OH is 1. The first-order chi connectivity index (χ1) is 20.2. The molecule has 1 aromatic heterocycles. The van der Waals surface area contributed by atoms with E-state index in [0.29, 0.717) is 0 Å². The van der Waals surface area contributed by atoms with Gasteiger partial charge in [0.15, 0.2) is 27.1 Å². The Morgan fingerprint density at radius 3 is 2.40 bits per heavy atom. The number of halogens is 4. The van der Waals surface area contributed by atoms with E-state index < -0.39 is 46.2 Å². The molecule has 0 aliphatic heterocycles. The summed E-state index contributed by atoms with van der Waals surface area (Å²) in [6.07, 6.45) is -2.80. The van der Waals surface area contributed by atoms with Gasteiger partial charge in [0, 0.05) is 52.9 Å². The zero-order valence-electron chi connectivity index (χ0n) is 22.9. The number of fused-ring (bicyclic) bond motifs is 1. The van der Waals surface area contributed by atoms with Crippen LogP contribution in [0.25, 0.3) is 10.9 Å². The lowest BCUT2D eigenvalue weighted by molar-refractivity contribution is -0.275. The molecule has 0 bridgehead atoms. The van der Waals surface area contributed by atoms with E-state index in [2.05, 4.69) is 15.0 Å². The zero-order valence-corrected chi connectivity index (χ0v) is 23.7. The highest BCUT2D eigenvalue weighted by Crippen LogP contribution is 2.39. The number of alkyl halides is 3. The number of benzene rings is 3. The number of hydrogen-bond acceptors (Lipinski definition) is 9. The first kappa shape index (κ1) is 31.4. The van der Waals surface area contributed by atoms with Gasteiger partial charge in [-0.05, 0) is 30.3 Å². The van der Waals surface area contributed by atoms with Crippen LogP contribution in [-0.2, 0) is 9.84 Å². The van der Waals surface area contributed by atoms with Gasteiger partial charge in [0.25, 0.3) is 0 Å². The number of nitrogens with one attached hydrogen (secondary N) is 2. The summed E-state index contributed by atoms with van der Waals surface area (Å²) in [4.78, 5) is 16.9. The minimum Gasteiger partial charge on any atom is -0.497 e. The number of aromatic amines is 1. The minimum absolute atomic E-state index is 0.0410. The summed E-state index contributed by atoms with van der Waals surface area (Å²) in [5, 5.41) is 12.3. The molecule has 4 rings (SSSR count). The van der Waals surface area contributed by atoms with Crippen molar-refractivity contribution in [1.29, 1.82) is 0 Å². The molecule has 0 saturated heterocycles. The molecule has 1 atom stereocenters. The lowest BCUT2D eigenvalue weighted by Crippen LogP contribution is -2.23. The van der Waals surface area contributed by atoms with Crippen LogP contribution in [0, 0.1) is 5.82 Å². The molecule has 0 saturated carbocycles. The van der Waals surface area contributed by atoms with Crippen molar-refractivity contribution < 1.29 is 54.8 Å². The van der Waals surface area contributed by atoms with Gasteiger partial charge in [-0.1, -0.05) is 0 Å². The van der Waals surface area contributed by atoms with Crippen molar-refractivity contribution in [3.63, 3.8) is 0 Å². The van der Waals surface area contributed by atoms with Crippen molar-refractivity contribution in [2.24, 2.45) is 0 Å². The summed E-state index contributed by atoms with van der Waals surface area (Å²) < 4.78 is 98.1. The average Bonchev–Trinajstić information content (AvgIpc) is 3.35. The number of rotatable bonds is 12. The standard InChI is InChI=1S/C28H26F4N2O8S/c1-39-17-9-16(10-18(11-17)43(3,37)38)34-26(19-5-4-15(29)8-23(19)41-7-6-35)27(36)21-14-33-22-13-24(40-2)25(12-20(21)22)42-28(30,31)32/h4-5,8-14,26,33-35H,6-7H2,1-3H3. The number of hydrogen-bond donors (Lipinski definition) is 3. The molecule has 0 aliphatic rings. The Bertz CT molecular complexity index is 1760. The molecule has 0 aliphatic carbocycles. The highest BCUT2D eigenvalue weighted by atomic mass is 32.2. The number of carbonyl (C=O) groups excluding carboxylic acids is 1. The molecule has 1 heterocycles. The summed E-state index contributed by atoms with van der Waals surface area (Å²) in [5.41, 5.74) is 0.340. The Morgan fingerprint density at radius 1 is 1.02 bits per heavy atom. The maximum atomic E-state index is 14.2. The van der Waals surface area contributed by atoms with Crippen LogP contribution in [0.4, 0.5) is 23.2 Å². The van der Waals surface area contributed by atoms with Gasteiger partial charge in [-0.15, -0.1) is 13.2 Å². The molecule has 230 valence electrons. The summed E-state index contributed by atoms with van der Waals surface area (Å²) >= 11 is 0. The molecule has 0 fully saturated rings. The van der Waals surface area contributed by atoms with Crippen molar-refractivity contribution in [3.05, 3.63) is 71.7 Å². The summed E-state index contributed by atoms with van der Waals surface area (Å²) in [5.74, 6) is -2.35. The SMILES string of the molecule is COc1cc(NC(C(=O)c2c[nH]c3cc(OC)c(OC(F)(F)F)cc23)c2ccc(F)cc2OCCO)cc(S(C)(=O)=O)c1. The number of aromatic nitrogens is 1. The maximum Gasteiger partial charge on any atom is 0.573 e. The number of carbonyl (C=O) groups is 1. The number of ether oxygens (including phenoxy) is 4. The Morgan fingerprint density at radius 2 is 1.77 bits per heavy atom. The zero-order chi connectivity index (χ0) is 31.5. The fourth-order valence-electron chi connectivity index (χ4n) is 4.32. The van der Waals surface area contributed by atoms with Gasteiger partial charge in [0.05, 0.1) is 31.2 Å². The number of methoxy groups -OCH3 is 2. The quantitative estimate of drug-likeness (QED) is 0.146. The lowest BCUT2D eigenvalue weighted by atomic mass is 9.95. The van der Waals surface area contributed by atoms with Gasteiger partial charge < -0.3 is 34.4 Å². The second-order valence-electron chi connectivity index (χ2n) is 9.16. The molecule has 10 nitrogen and oxygen atoms in total. The third kappa shape index (κ3) is 7.29. The molecule has 1 unspecified atom stereocenters. The fourth-order valence-corrected chi connectivity index (χ4v) is 4.99. The van der Waals surface area contributed by atoms with Crippen molar-refractivity contribution in [3.8, 4) is 23.0 Å². The molecule has 0 radical (unpaired) electrons. The predicted octanol–water partition coefficient (Wildman–Crippen LogP) is 5.03. The number of Topliss-reactive ketones (excluding diaryl/α,β-unsaturated/α-hetero) is 1. The molecule has 3 aromatic carbocycles. The summed E-state index contributed by atoms with van der Waals surface area (Å²) in [6, 6.07) is 8.07. The van der Waals surface area contributed by atoms with E-state index in [9.17, 15) is 35.9 Å². The maximum absolute atomic E-state index is 14.2. The summed E-state index contributed by atoms with van der Waals surface area (Å²) in [6.45, 7) is -0.679. The van der Waals surface area contributed by atoms with Crippen molar-refractivity contribution in [1.82, 2.24) is 4.98 Å². The molecule has 15 heteroatoms. The van der Waals surface area contributed by atoms with Crippen LogP contribution in [0.5, 0.6) is 23.0 Å². The van der Waals surface area contributed by atoms with Gasteiger partial charge in [0.1, 0.15) is 30.0 Å². The third-order valence-corrected chi connectivity index (χ3v) is 7.30. The van der Waals surface area contributed by atoms with Crippen LogP contribution in [0.1, 0.15) is 22.0 Å². The van der Waals surface area contributed by atoms with Crippen LogP contribution in [0.15, 0.2) is 59.6 Å². The first-order valence-electron chi connectivity index (χ1n) is 12.4. The van der Waals surface area contributed by atoms with E-state index in [1.165, 1.54) is 43.6 Å². The van der Waals surface area contributed by atoms with Gasteiger partial charge >= 0.3 is 6.36 Å². The van der Waals surface area contributed by atoms with Gasteiger partial charge in [-0.3, -0.25) is 4.79 Å². The number of ketones is 1. The molecular formula is C28H26F4N2O8S. The lowest BCUT2D eigenvalue weighted by Gasteiger charge is -2.23. The van der Waals surface area contributed by atoms with Gasteiger partial charge in [-0.25, -0.2) is 12.8 Å². The molecular weight excluding hydrogens is 600 g/mol. The largest absolute Gasteiger partial charge is 0.573 e. The second-order valence-corrected chi connectivity index (χ2v) is 11.2. The molecule has 0 amide bonds. The molecule has 4 aromatic rings. The molecule has 3 N–H and O–H groups in total. The van der Waals surface area contributed by atoms with Crippen LogP contribution >= 0.6 is 0 Å². The van der Waals surface area contributed by atoms with E-state index in [0.717, 1.165) is 31.6 Å². The summed E-state index contributed by atoms with van der Waals surface area (Å²) in [7, 11) is -1.26. The van der Waals surface area contributed by atoms with Crippen LogP contribution in [0.3, 0.4) is 0 Å². The Kier molecular flexibility index (Phi) is 9.06. The third-order valence-electron chi connectivity index (χ3n) is 6.21. The van der Waals surface area contributed by atoms with E-state index >= 15 is 0 Å². The molecule has 0 spiro atoms. The van der Waals surface area contributed by atoms with Crippen molar-refractivity contribution in [2.75, 3.05) is 39.0 Å². The molecule has 43 heavy (non-hydrogen) atoms. The first-order valence-corrected chi connectivity index (χ1v) is 14.3.